The Bertz CT molecular complexity index is 904. The molecule has 0 saturated carbocycles. The molecule has 0 unspecified atom stereocenters. The number of rotatable bonds is 2. The molecule has 6 heteroatoms. The van der Waals surface area contributed by atoms with Crippen molar-refractivity contribution in [3.05, 3.63) is 60.2 Å². The van der Waals surface area contributed by atoms with E-state index >= 15 is 0 Å². The number of piperazine rings is 1. The van der Waals surface area contributed by atoms with Crippen LogP contribution in [0.4, 0.5) is 5.95 Å². The number of hydrogen-bond donors (Lipinski definition) is 0. The molecule has 0 bridgehead atoms. The van der Waals surface area contributed by atoms with Crippen molar-refractivity contribution < 1.29 is 4.79 Å². The largest absolute Gasteiger partial charge is 0.337 e. The highest BCUT2D eigenvalue weighted by Gasteiger charge is 2.25. The minimum Gasteiger partial charge on any atom is -0.337 e. The lowest BCUT2D eigenvalue weighted by atomic mass is 10.1. The van der Waals surface area contributed by atoms with E-state index in [0.717, 1.165) is 29.4 Å². The summed E-state index contributed by atoms with van der Waals surface area (Å²) in [6.07, 6.45) is 5.18. The van der Waals surface area contributed by atoms with Gasteiger partial charge in [0.2, 0.25) is 5.95 Å². The van der Waals surface area contributed by atoms with Crippen LogP contribution in [-0.4, -0.2) is 51.9 Å². The van der Waals surface area contributed by atoms with Crippen molar-refractivity contribution in [2.24, 2.45) is 0 Å². The van der Waals surface area contributed by atoms with Crippen LogP contribution in [0.3, 0.4) is 0 Å². The topological polar surface area (TPSA) is 62.2 Å². The molecule has 4 rings (SSSR count). The number of pyridine rings is 1. The maximum absolute atomic E-state index is 13.0. The molecule has 0 N–H and O–H groups in total. The average Bonchev–Trinajstić information content (AvgIpc) is 2.68. The van der Waals surface area contributed by atoms with Crippen LogP contribution in [0.25, 0.3) is 10.8 Å². The first-order valence-electron chi connectivity index (χ1n) is 8.39. The quantitative estimate of drug-likeness (QED) is 0.720. The Kier molecular flexibility index (Phi) is 4.01. The Morgan fingerprint density at radius 2 is 1.72 bits per heavy atom. The molecule has 1 fully saturated rings. The normalized spacial score (nSPS) is 14.8. The number of benzene rings is 1. The third-order valence-electron chi connectivity index (χ3n) is 4.53. The van der Waals surface area contributed by atoms with Crippen LogP contribution < -0.4 is 4.90 Å². The smallest absolute Gasteiger partial charge is 0.273 e. The molecule has 1 aliphatic heterocycles. The number of hydrogen-bond acceptors (Lipinski definition) is 5. The van der Waals surface area contributed by atoms with E-state index in [0.29, 0.717) is 24.7 Å². The van der Waals surface area contributed by atoms with Gasteiger partial charge in [0.05, 0.1) is 0 Å². The van der Waals surface area contributed by atoms with Gasteiger partial charge in [0.1, 0.15) is 5.69 Å². The zero-order chi connectivity index (χ0) is 17.2. The molecule has 0 aliphatic carbocycles. The Morgan fingerprint density at radius 1 is 0.960 bits per heavy atom. The molecule has 2 aromatic heterocycles. The molecule has 1 saturated heterocycles. The summed E-state index contributed by atoms with van der Waals surface area (Å²) in [5, 5.41) is 1.96. The van der Waals surface area contributed by atoms with E-state index in [1.54, 1.807) is 24.7 Å². The minimum atomic E-state index is -0.00942. The number of carbonyl (C=O) groups is 1. The van der Waals surface area contributed by atoms with E-state index in [9.17, 15) is 4.79 Å². The summed E-state index contributed by atoms with van der Waals surface area (Å²) < 4.78 is 0. The van der Waals surface area contributed by atoms with E-state index in [1.807, 2.05) is 30.0 Å². The first-order chi connectivity index (χ1) is 12.2. The average molecular weight is 333 g/mol. The Morgan fingerprint density at radius 3 is 2.48 bits per heavy atom. The lowest BCUT2D eigenvalue weighted by Crippen LogP contribution is -2.49. The van der Waals surface area contributed by atoms with Gasteiger partial charge in [-0.05, 0) is 30.5 Å². The lowest BCUT2D eigenvalue weighted by Gasteiger charge is -2.34. The predicted octanol–water partition coefficient (Wildman–Crippen LogP) is 2.30. The molecule has 25 heavy (non-hydrogen) atoms. The van der Waals surface area contributed by atoms with Crippen LogP contribution in [0.2, 0.25) is 0 Å². The zero-order valence-corrected chi connectivity index (χ0v) is 14.1. The molecule has 6 nitrogen and oxygen atoms in total. The standard InChI is InChI=1S/C19H19N5O/c1-14-3-4-15-5-8-20-17(16(15)13-14)18(25)23-9-11-24(12-10-23)19-21-6-2-7-22-19/h2-8,13H,9-12H2,1H3. The second kappa shape index (κ2) is 6.47. The summed E-state index contributed by atoms with van der Waals surface area (Å²) in [6.45, 7) is 4.75. The van der Waals surface area contributed by atoms with Gasteiger partial charge < -0.3 is 9.80 Å². The van der Waals surface area contributed by atoms with Crippen molar-refractivity contribution in [2.75, 3.05) is 31.1 Å². The van der Waals surface area contributed by atoms with Crippen molar-refractivity contribution in [2.45, 2.75) is 6.92 Å². The summed E-state index contributed by atoms with van der Waals surface area (Å²) in [7, 11) is 0. The Labute approximate surface area is 146 Å². The second-order valence-corrected chi connectivity index (χ2v) is 6.21. The fourth-order valence-corrected chi connectivity index (χ4v) is 3.17. The van der Waals surface area contributed by atoms with Gasteiger partial charge in [0.25, 0.3) is 5.91 Å². The van der Waals surface area contributed by atoms with Crippen molar-refractivity contribution in [3.8, 4) is 0 Å². The van der Waals surface area contributed by atoms with Gasteiger partial charge in [-0.25, -0.2) is 9.97 Å². The lowest BCUT2D eigenvalue weighted by molar-refractivity contribution is 0.0742. The summed E-state index contributed by atoms with van der Waals surface area (Å²) in [6, 6.07) is 9.86. The molecular formula is C19H19N5O. The van der Waals surface area contributed by atoms with Gasteiger partial charge in [-0.15, -0.1) is 0 Å². The Balaban J connectivity index is 1.54. The fraction of sp³-hybridized carbons (Fsp3) is 0.263. The maximum atomic E-state index is 13.0. The highest BCUT2D eigenvalue weighted by atomic mass is 16.2. The van der Waals surface area contributed by atoms with Crippen molar-refractivity contribution in [1.82, 2.24) is 19.9 Å². The van der Waals surface area contributed by atoms with Gasteiger partial charge in [0, 0.05) is 50.2 Å². The van der Waals surface area contributed by atoms with Crippen molar-refractivity contribution >= 4 is 22.6 Å². The van der Waals surface area contributed by atoms with E-state index in [2.05, 4.69) is 25.9 Å². The highest BCUT2D eigenvalue weighted by Crippen LogP contribution is 2.21. The van der Waals surface area contributed by atoms with Gasteiger partial charge in [-0.2, -0.15) is 0 Å². The molecule has 126 valence electrons. The zero-order valence-electron chi connectivity index (χ0n) is 14.1. The number of aromatic nitrogens is 3. The SMILES string of the molecule is Cc1ccc2ccnc(C(=O)N3CCN(c4ncccn4)CC3)c2c1. The third kappa shape index (κ3) is 3.03. The molecule has 3 heterocycles. The number of anilines is 1. The fourth-order valence-electron chi connectivity index (χ4n) is 3.17. The van der Waals surface area contributed by atoms with Crippen LogP contribution in [0.1, 0.15) is 16.1 Å². The van der Waals surface area contributed by atoms with Crippen LogP contribution in [0.15, 0.2) is 48.9 Å². The van der Waals surface area contributed by atoms with Gasteiger partial charge in [0.15, 0.2) is 0 Å². The molecule has 1 aromatic carbocycles. The second-order valence-electron chi connectivity index (χ2n) is 6.21. The summed E-state index contributed by atoms with van der Waals surface area (Å²) >= 11 is 0. The monoisotopic (exact) mass is 333 g/mol. The predicted molar refractivity (Wildman–Crippen MR) is 96.6 cm³/mol. The van der Waals surface area contributed by atoms with Gasteiger partial charge in [-0.1, -0.05) is 17.7 Å². The summed E-state index contributed by atoms with van der Waals surface area (Å²) in [5.41, 5.74) is 1.66. The van der Waals surface area contributed by atoms with E-state index in [1.165, 1.54) is 0 Å². The first kappa shape index (κ1) is 15.5. The third-order valence-corrected chi connectivity index (χ3v) is 4.53. The van der Waals surface area contributed by atoms with Crippen molar-refractivity contribution in [1.29, 1.82) is 0 Å². The van der Waals surface area contributed by atoms with Gasteiger partial charge >= 0.3 is 0 Å². The van der Waals surface area contributed by atoms with E-state index in [-0.39, 0.29) is 5.91 Å². The minimum absolute atomic E-state index is 0.00942. The van der Waals surface area contributed by atoms with Crippen LogP contribution in [0, 0.1) is 6.92 Å². The van der Waals surface area contributed by atoms with Crippen LogP contribution in [0.5, 0.6) is 0 Å². The number of amides is 1. The Hall–Kier alpha value is -3.02. The maximum Gasteiger partial charge on any atom is 0.273 e. The van der Waals surface area contributed by atoms with Crippen LogP contribution in [-0.2, 0) is 0 Å². The first-order valence-corrected chi connectivity index (χ1v) is 8.39. The molecule has 0 radical (unpaired) electrons. The molecule has 0 atom stereocenters. The van der Waals surface area contributed by atoms with Crippen LogP contribution >= 0.6 is 0 Å². The highest BCUT2D eigenvalue weighted by molar-refractivity contribution is 6.05. The number of fused-ring (bicyclic) bond motifs is 1. The van der Waals surface area contributed by atoms with Gasteiger partial charge in [-0.3, -0.25) is 9.78 Å². The molecular weight excluding hydrogens is 314 g/mol. The number of carbonyl (C=O) groups excluding carboxylic acids is 1. The molecule has 1 aliphatic rings. The summed E-state index contributed by atoms with van der Waals surface area (Å²) in [4.78, 5) is 29.9. The molecule has 0 spiro atoms. The van der Waals surface area contributed by atoms with E-state index < -0.39 is 0 Å². The number of aryl methyl sites for hydroxylation is 1. The number of nitrogens with zero attached hydrogens (tertiary/aromatic N) is 5. The van der Waals surface area contributed by atoms with E-state index in [4.69, 9.17) is 0 Å². The van der Waals surface area contributed by atoms with Crippen molar-refractivity contribution in [3.63, 3.8) is 0 Å². The molecule has 1 amide bonds. The molecule has 3 aromatic rings. The summed E-state index contributed by atoms with van der Waals surface area (Å²) in [5.74, 6) is 0.707.